The topological polar surface area (TPSA) is 135 Å². The van der Waals surface area contributed by atoms with Crippen molar-refractivity contribution in [3.8, 4) is 5.75 Å². The minimum Gasteiger partial charge on any atom is -0.508 e. The number of Topliss-reactive ketones (excluding diaryl/α,β-unsaturated/α-hetero) is 5. The van der Waals surface area contributed by atoms with Gasteiger partial charge in [-0.1, -0.05) is 56.3 Å². The Morgan fingerprint density at radius 3 is 2.21 bits per heavy atom. The number of hydrogen-bond acceptors (Lipinski definition) is 7. The monoisotopic (exact) mass is 511 g/mol. The Hall–Kier alpha value is -4.46. The fraction of sp³-hybridized carbons (Fsp3) is 0.267. The Kier molecular flexibility index (Phi) is 6.06. The summed E-state index contributed by atoms with van der Waals surface area (Å²) >= 11 is 0. The van der Waals surface area contributed by atoms with Gasteiger partial charge < -0.3 is 10.4 Å². The zero-order chi connectivity index (χ0) is 27.4. The lowest BCUT2D eigenvalue weighted by Gasteiger charge is -2.39. The zero-order valence-electron chi connectivity index (χ0n) is 20.8. The molecule has 0 aromatic heterocycles. The summed E-state index contributed by atoms with van der Waals surface area (Å²) in [7, 11) is 0. The summed E-state index contributed by atoms with van der Waals surface area (Å²) in [5, 5.41) is 13.6. The molecule has 3 aromatic carbocycles. The largest absolute Gasteiger partial charge is 0.508 e. The Balaban J connectivity index is 1.40. The van der Waals surface area contributed by atoms with Crippen LogP contribution in [0.25, 0.3) is 10.8 Å². The molecule has 0 radical (unpaired) electrons. The van der Waals surface area contributed by atoms with Gasteiger partial charge in [0.15, 0.2) is 17.3 Å². The number of phenols is 1. The fourth-order valence-electron chi connectivity index (χ4n) is 5.69. The van der Waals surface area contributed by atoms with E-state index >= 15 is 0 Å². The average Bonchev–Trinajstić information content (AvgIpc) is 3.11. The van der Waals surface area contributed by atoms with E-state index in [1.807, 2.05) is 0 Å². The summed E-state index contributed by atoms with van der Waals surface area (Å²) < 4.78 is 0. The average molecular weight is 512 g/mol. The first-order valence-corrected chi connectivity index (χ1v) is 12.3. The molecule has 2 N–H and O–H groups in total. The molecule has 192 valence electrons. The fourth-order valence-corrected chi connectivity index (χ4v) is 5.69. The Morgan fingerprint density at radius 1 is 0.895 bits per heavy atom. The normalized spacial score (nSPS) is 21.0. The molecule has 2 aliphatic rings. The highest BCUT2D eigenvalue weighted by Crippen LogP contribution is 2.43. The second kappa shape index (κ2) is 9.13. The number of phenolic OH excluding ortho intramolecular Hbond substituents is 1. The van der Waals surface area contributed by atoms with Gasteiger partial charge in [-0.25, -0.2) is 0 Å². The molecule has 8 nitrogen and oxygen atoms in total. The van der Waals surface area contributed by atoms with Crippen molar-refractivity contribution in [3.63, 3.8) is 0 Å². The van der Waals surface area contributed by atoms with Gasteiger partial charge in [-0.15, -0.1) is 0 Å². The highest BCUT2D eigenvalue weighted by atomic mass is 16.3. The SMILES string of the molecule is CC1(C)CC(=O)[C@@H](CC2C(=O)c3ccccc3C2=O)C(=O)[C@@H]1C(=O)C(=O)Nc1cccc2ccc(O)cc12. The van der Waals surface area contributed by atoms with Crippen molar-refractivity contribution in [2.45, 2.75) is 26.7 Å². The van der Waals surface area contributed by atoms with Crippen molar-refractivity contribution < 1.29 is 33.9 Å². The maximum absolute atomic E-state index is 13.6. The third kappa shape index (κ3) is 4.12. The number of hydrogen-bond donors (Lipinski definition) is 2. The number of fused-ring (bicyclic) bond motifs is 2. The Bertz CT molecular complexity index is 1530. The lowest BCUT2D eigenvalue weighted by molar-refractivity contribution is -0.153. The number of aromatic hydroxyl groups is 1. The van der Waals surface area contributed by atoms with Gasteiger partial charge in [0.1, 0.15) is 11.5 Å². The van der Waals surface area contributed by atoms with Crippen LogP contribution in [0.2, 0.25) is 0 Å². The number of amides is 1. The van der Waals surface area contributed by atoms with E-state index in [1.165, 1.54) is 24.3 Å². The number of rotatable bonds is 5. The molecule has 5 rings (SSSR count). The van der Waals surface area contributed by atoms with Crippen molar-refractivity contribution in [3.05, 3.63) is 71.8 Å². The molecular weight excluding hydrogens is 486 g/mol. The zero-order valence-corrected chi connectivity index (χ0v) is 20.8. The van der Waals surface area contributed by atoms with E-state index in [4.69, 9.17) is 0 Å². The predicted molar refractivity (Wildman–Crippen MR) is 138 cm³/mol. The van der Waals surface area contributed by atoms with E-state index in [1.54, 1.807) is 50.2 Å². The maximum Gasteiger partial charge on any atom is 0.292 e. The number of nitrogens with one attached hydrogen (secondary N) is 1. The molecule has 2 aliphatic carbocycles. The first kappa shape index (κ1) is 25.2. The molecule has 0 spiro atoms. The highest BCUT2D eigenvalue weighted by molar-refractivity contribution is 6.45. The van der Waals surface area contributed by atoms with Gasteiger partial charge in [0.2, 0.25) is 5.78 Å². The Labute approximate surface area is 218 Å². The van der Waals surface area contributed by atoms with E-state index in [2.05, 4.69) is 5.32 Å². The van der Waals surface area contributed by atoms with Crippen LogP contribution in [0.4, 0.5) is 5.69 Å². The molecular formula is C30H25NO7. The molecule has 0 unspecified atom stereocenters. The highest BCUT2D eigenvalue weighted by Gasteiger charge is 2.54. The van der Waals surface area contributed by atoms with E-state index in [9.17, 15) is 33.9 Å². The van der Waals surface area contributed by atoms with Crippen LogP contribution in [0, 0.1) is 23.2 Å². The molecule has 1 saturated carbocycles. The minimum absolute atomic E-state index is 0.0198. The van der Waals surface area contributed by atoms with Crippen LogP contribution >= 0.6 is 0 Å². The molecule has 38 heavy (non-hydrogen) atoms. The molecule has 0 bridgehead atoms. The van der Waals surface area contributed by atoms with Gasteiger partial charge in [-0.3, -0.25) is 28.8 Å². The third-order valence-corrected chi connectivity index (χ3v) is 7.59. The van der Waals surface area contributed by atoms with Crippen molar-refractivity contribution >= 4 is 51.3 Å². The van der Waals surface area contributed by atoms with E-state index < -0.39 is 58.0 Å². The van der Waals surface area contributed by atoms with Crippen molar-refractivity contribution in [1.82, 2.24) is 0 Å². The summed E-state index contributed by atoms with van der Waals surface area (Å²) in [4.78, 5) is 78.9. The molecule has 1 fully saturated rings. The van der Waals surface area contributed by atoms with Crippen LogP contribution in [0.3, 0.4) is 0 Å². The van der Waals surface area contributed by atoms with Crippen molar-refractivity contribution in [2.24, 2.45) is 23.2 Å². The van der Waals surface area contributed by atoms with Gasteiger partial charge in [0, 0.05) is 28.6 Å². The number of carbonyl (C=O) groups excluding carboxylic acids is 6. The van der Waals surface area contributed by atoms with Gasteiger partial charge in [0.25, 0.3) is 5.91 Å². The summed E-state index contributed by atoms with van der Waals surface area (Å²) in [5.74, 6) is -8.10. The van der Waals surface area contributed by atoms with Crippen molar-refractivity contribution in [2.75, 3.05) is 5.32 Å². The molecule has 2 atom stereocenters. The van der Waals surface area contributed by atoms with Crippen LogP contribution in [-0.2, 0) is 19.2 Å². The van der Waals surface area contributed by atoms with Crippen LogP contribution in [-0.4, -0.2) is 39.9 Å². The molecule has 1 amide bonds. The number of carbonyl (C=O) groups is 6. The van der Waals surface area contributed by atoms with Crippen molar-refractivity contribution in [1.29, 1.82) is 0 Å². The number of anilines is 1. The summed E-state index contributed by atoms with van der Waals surface area (Å²) in [5.41, 5.74) is -0.341. The molecule has 0 aliphatic heterocycles. The van der Waals surface area contributed by atoms with Gasteiger partial charge in [-0.05, 0) is 35.4 Å². The first-order chi connectivity index (χ1) is 18.0. The lowest BCUT2D eigenvalue weighted by atomic mass is 9.61. The number of ketones is 5. The molecule has 3 aromatic rings. The van der Waals surface area contributed by atoms with E-state index in [0.717, 1.165) is 5.39 Å². The first-order valence-electron chi connectivity index (χ1n) is 12.3. The van der Waals surface area contributed by atoms with Crippen LogP contribution in [0.15, 0.2) is 60.7 Å². The summed E-state index contributed by atoms with van der Waals surface area (Å²) in [6.07, 6.45) is -0.481. The smallest absolute Gasteiger partial charge is 0.292 e. The van der Waals surface area contributed by atoms with E-state index in [-0.39, 0.29) is 35.4 Å². The quantitative estimate of drug-likeness (QED) is 0.391. The standard InChI is InChI=1S/C30H25NO7/c1-30(2)14-23(33)20(13-21-25(34)17-7-3-4-8-18(17)26(21)35)27(36)24(30)28(37)29(38)31-22-9-5-6-15-10-11-16(32)12-19(15)22/h3-12,20-21,24,32H,13-14H2,1-2H3,(H,31,38)/t20-,24-/m1/s1. The van der Waals surface area contributed by atoms with Gasteiger partial charge >= 0.3 is 0 Å². The molecule has 0 heterocycles. The lowest BCUT2D eigenvalue weighted by Crippen LogP contribution is -2.52. The van der Waals surface area contributed by atoms with Gasteiger partial charge in [-0.2, -0.15) is 0 Å². The molecule has 8 heteroatoms. The maximum atomic E-state index is 13.6. The minimum atomic E-state index is -1.43. The van der Waals surface area contributed by atoms with Gasteiger partial charge in [0.05, 0.1) is 17.8 Å². The third-order valence-electron chi connectivity index (χ3n) is 7.59. The Morgan fingerprint density at radius 2 is 1.55 bits per heavy atom. The van der Waals surface area contributed by atoms with Crippen LogP contribution in [0.1, 0.15) is 47.4 Å². The summed E-state index contributed by atoms with van der Waals surface area (Å²) in [6.45, 7) is 3.15. The second-order valence-corrected chi connectivity index (χ2v) is 10.6. The van der Waals surface area contributed by atoms with Crippen LogP contribution in [0.5, 0.6) is 5.75 Å². The molecule has 0 saturated heterocycles. The second-order valence-electron chi connectivity index (χ2n) is 10.6. The number of benzene rings is 3. The summed E-state index contributed by atoms with van der Waals surface area (Å²) in [6, 6.07) is 16.0. The predicted octanol–water partition coefficient (Wildman–Crippen LogP) is 3.94. The van der Waals surface area contributed by atoms with Crippen LogP contribution < -0.4 is 5.32 Å². The van der Waals surface area contributed by atoms with E-state index in [0.29, 0.717) is 5.39 Å².